The molecule has 0 amide bonds. The highest BCUT2D eigenvalue weighted by atomic mass is 16.3. The lowest BCUT2D eigenvalue weighted by Gasteiger charge is -2.37. The van der Waals surface area contributed by atoms with Gasteiger partial charge in [0.25, 0.3) is 0 Å². The third-order valence-corrected chi connectivity index (χ3v) is 23.3. The Morgan fingerprint density at radius 3 is 0.454 bits per heavy atom. The summed E-state index contributed by atoms with van der Waals surface area (Å²) in [5, 5.41) is 15.0. The van der Waals surface area contributed by atoms with Gasteiger partial charge in [-0.15, -0.1) is 0 Å². The van der Waals surface area contributed by atoms with Crippen LogP contribution in [0.25, 0.3) is 120 Å². The van der Waals surface area contributed by atoms with Crippen molar-refractivity contribution in [2.24, 2.45) is 0 Å². The fourth-order valence-electron chi connectivity index (χ4n) is 18.6. The van der Waals surface area contributed by atoms with Crippen molar-refractivity contribution in [3.8, 4) is 0 Å². The highest BCUT2D eigenvalue weighted by Gasteiger charge is 2.35. The zero-order valence-corrected chi connectivity index (χ0v) is 61.7. The molecule has 0 aliphatic rings. The van der Waals surface area contributed by atoms with Crippen molar-refractivity contribution in [1.29, 1.82) is 0 Å². The Morgan fingerprint density at radius 1 is 0.167 bits per heavy atom. The molecule has 12 aromatic carbocycles. The van der Waals surface area contributed by atoms with Crippen LogP contribution < -0.4 is 19.6 Å². The summed E-state index contributed by atoms with van der Waals surface area (Å²) in [6, 6.07) is 67.3. The second kappa shape index (κ2) is 25.5. The quantitative estimate of drug-likeness (QED) is 0.0676. The lowest BCUT2D eigenvalue weighted by Crippen LogP contribution is -2.19. The van der Waals surface area contributed by atoms with E-state index in [1.165, 1.54) is 0 Å². The summed E-state index contributed by atoms with van der Waals surface area (Å²) < 4.78 is 50.6. The van der Waals surface area contributed by atoms with Crippen molar-refractivity contribution in [2.45, 2.75) is 107 Å². The van der Waals surface area contributed by atoms with Crippen LogP contribution in [-0.4, -0.2) is 0 Å². The van der Waals surface area contributed by atoms with Crippen molar-refractivity contribution in [1.82, 2.24) is 0 Å². The fourth-order valence-corrected chi connectivity index (χ4v) is 18.6. The number of fused-ring (bicyclic) bond motifs is 8. The molecule has 0 unspecified atom stereocenters. The van der Waals surface area contributed by atoms with E-state index in [1.54, 1.807) is 0 Å². The molecule has 108 heavy (non-hydrogen) atoms. The van der Waals surface area contributed by atoms with Crippen LogP contribution >= 0.6 is 0 Å². The molecule has 0 fully saturated rings. The molecule has 12 nitrogen and oxygen atoms in total. The molecule has 0 bridgehead atoms. The summed E-state index contributed by atoms with van der Waals surface area (Å²) in [6.45, 7) is 18.1. The van der Waals surface area contributed by atoms with Crippen LogP contribution in [0.15, 0.2) is 267 Å². The molecular formula is C96H78N4O8. The Hall–Kier alpha value is -12.8. The highest BCUT2D eigenvalue weighted by Crippen LogP contribution is 2.59. The Bertz CT molecular complexity index is 5790. The largest absolute Gasteiger partial charge is 0.464 e. The molecule has 12 heteroatoms. The molecule has 530 valence electrons. The number of furan rings is 8. The Balaban J connectivity index is 1.03. The number of hydrogen-bond donors (Lipinski definition) is 0. The summed E-state index contributed by atoms with van der Waals surface area (Å²) in [5.41, 5.74) is 28.4. The van der Waals surface area contributed by atoms with Crippen LogP contribution in [0.4, 0.5) is 68.2 Å². The number of nitrogens with zero attached hydrogens (tertiary/aromatic N) is 4. The van der Waals surface area contributed by atoms with E-state index in [-0.39, 0.29) is 0 Å². The molecule has 0 radical (unpaired) electrons. The molecule has 0 atom stereocenters. The molecule has 8 aromatic heterocycles. The van der Waals surface area contributed by atoms with Crippen LogP contribution in [0, 0.1) is 0 Å². The molecule has 8 heterocycles. The average Bonchev–Trinajstić information content (AvgIpc) is 0.769. The molecular weight excluding hydrogens is 1340 g/mol. The first-order valence-electron chi connectivity index (χ1n) is 38.2. The van der Waals surface area contributed by atoms with Gasteiger partial charge in [-0.2, -0.15) is 0 Å². The maximum absolute atomic E-state index is 6.32. The van der Waals surface area contributed by atoms with Gasteiger partial charge in [0.15, 0.2) is 0 Å². The Labute approximate surface area is 623 Å². The van der Waals surface area contributed by atoms with Crippen molar-refractivity contribution >= 4 is 188 Å². The molecule has 0 spiro atoms. The van der Waals surface area contributed by atoms with Crippen LogP contribution in [0.5, 0.6) is 0 Å². The third kappa shape index (κ3) is 9.47. The maximum atomic E-state index is 6.32. The Morgan fingerprint density at radius 2 is 0.315 bits per heavy atom. The predicted octanol–water partition coefficient (Wildman–Crippen LogP) is 28.9. The number of aryl methyl sites for hydroxylation is 8. The average molecular weight is 1420 g/mol. The van der Waals surface area contributed by atoms with Gasteiger partial charge in [-0.1, -0.05) is 79.7 Å². The van der Waals surface area contributed by atoms with Gasteiger partial charge in [0.2, 0.25) is 0 Å². The van der Waals surface area contributed by atoms with E-state index in [0.717, 1.165) is 284 Å². The zero-order valence-electron chi connectivity index (χ0n) is 61.7. The van der Waals surface area contributed by atoms with E-state index < -0.39 is 0 Å². The van der Waals surface area contributed by atoms with E-state index in [0.29, 0.717) is 0 Å². The van der Waals surface area contributed by atoms with E-state index in [2.05, 4.69) is 257 Å². The molecule has 20 aromatic rings. The second-order valence-electron chi connectivity index (χ2n) is 28.2. The van der Waals surface area contributed by atoms with Gasteiger partial charge < -0.3 is 54.9 Å². The van der Waals surface area contributed by atoms with E-state index in [9.17, 15) is 0 Å². The van der Waals surface area contributed by atoms with Crippen molar-refractivity contribution in [2.75, 3.05) is 19.6 Å². The minimum atomic E-state index is 0.722. The second-order valence-corrected chi connectivity index (χ2v) is 28.2. The lowest BCUT2D eigenvalue weighted by atomic mass is 9.88. The van der Waals surface area contributed by atoms with Gasteiger partial charge in [-0.05, 0) is 254 Å². The van der Waals surface area contributed by atoms with E-state index in [4.69, 9.17) is 35.3 Å². The van der Waals surface area contributed by atoms with Crippen LogP contribution in [0.3, 0.4) is 0 Å². The third-order valence-electron chi connectivity index (χ3n) is 23.3. The lowest BCUT2D eigenvalue weighted by molar-refractivity contribution is 0.615. The van der Waals surface area contributed by atoms with Crippen LogP contribution in [0.1, 0.15) is 99.9 Å². The van der Waals surface area contributed by atoms with Crippen LogP contribution in [0.2, 0.25) is 0 Å². The molecule has 0 saturated carbocycles. The number of hydrogen-bond acceptors (Lipinski definition) is 12. The van der Waals surface area contributed by atoms with Gasteiger partial charge in [-0.3, -0.25) is 0 Å². The van der Waals surface area contributed by atoms with Crippen LogP contribution in [-0.2, 0) is 51.4 Å². The first-order chi connectivity index (χ1) is 53.3. The zero-order chi connectivity index (χ0) is 72.7. The van der Waals surface area contributed by atoms with Gasteiger partial charge in [0.05, 0.1) is 118 Å². The smallest absolute Gasteiger partial charge is 0.134 e. The molecule has 0 N–H and O–H groups in total. The summed E-state index contributed by atoms with van der Waals surface area (Å²) in [6.07, 6.45) is 20.4. The van der Waals surface area contributed by atoms with Crippen molar-refractivity contribution < 1.29 is 35.3 Å². The minimum absolute atomic E-state index is 0.722. The molecule has 0 aliphatic heterocycles. The first kappa shape index (κ1) is 64.8. The topological polar surface area (TPSA) is 118 Å². The number of anilines is 12. The number of benzene rings is 12. The summed E-state index contributed by atoms with van der Waals surface area (Å²) in [7, 11) is 0. The van der Waals surface area contributed by atoms with Gasteiger partial charge in [-0.25, -0.2) is 0 Å². The summed E-state index contributed by atoms with van der Waals surface area (Å²) in [4.78, 5) is 10.3. The van der Waals surface area contributed by atoms with Gasteiger partial charge in [0.1, 0.15) is 44.7 Å². The van der Waals surface area contributed by atoms with Crippen molar-refractivity contribution in [3.63, 3.8) is 0 Å². The first-order valence-corrected chi connectivity index (χ1v) is 38.2. The monoisotopic (exact) mass is 1410 g/mol. The Kier molecular flexibility index (Phi) is 15.3. The van der Waals surface area contributed by atoms with E-state index in [1.807, 2.05) is 50.1 Å². The summed E-state index contributed by atoms with van der Waals surface area (Å²) in [5.74, 6) is 0. The highest BCUT2D eigenvalue weighted by molar-refractivity contribution is 6.33. The van der Waals surface area contributed by atoms with E-state index >= 15 is 0 Å². The van der Waals surface area contributed by atoms with Gasteiger partial charge >= 0.3 is 0 Å². The van der Waals surface area contributed by atoms with Crippen molar-refractivity contribution in [3.05, 3.63) is 277 Å². The minimum Gasteiger partial charge on any atom is -0.464 e. The van der Waals surface area contributed by atoms with Gasteiger partial charge in [0, 0.05) is 75.4 Å². The normalized spacial score (nSPS) is 12.2. The molecule has 20 rings (SSSR count). The summed E-state index contributed by atoms with van der Waals surface area (Å²) >= 11 is 0. The number of rotatable bonds is 20. The predicted molar refractivity (Wildman–Crippen MR) is 442 cm³/mol. The maximum Gasteiger partial charge on any atom is 0.134 e. The SMILES string of the molecule is CCc1c(N(c2ccc3occc3c2CC)c2cc(N(c3ccc4occc4c3CC)c3ccc4occc4c3CC)c3ccc4c(N(c5ccc6occc6c5CC)c5ccc6occc6c5CC)cc(N(c5ccc6occc6c5CC)c5ccc6occc6c5CC)c5ccc2c3c54)ccc2occc12. The fraction of sp³-hybridized carbons (Fsp3) is 0.167. The standard InChI is InChI=1S/C96H78N4O8/c1-9-55-63-37-45-101-87(63)29-21-75(55)97(76-22-30-88-64(38-46-102-88)56(76)10-2)83-53-84(98(77-23-31-89-65(39-47-103-89)57(77)11-3)78-24-32-90-66(40-48-104-90)58(78)12-4)72-19-20-74-86(100(81-27-35-93-69(43-51-107-93)61(81)15-7)82-28-36-94-70(44-52-108-94)62(82)16-8)54-85(73-18-17-71(83)95(72)96(73)74)99(79-25-33-91-67(41-49-105-91)59(79)13-5)80-26-34-92-68(42-50-106-92)60(80)14-6/h17-54H,9-16H2,1-8H3. The molecule has 0 saturated heterocycles. The molecule has 0 aliphatic carbocycles.